The molecular formula is C11H16ClN5O6. The number of rotatable bonds is 8. The van der Waals surface area contributed by atoms with Crippen LogP contribution in [-0.2, 0) is 0 Å². The van der Waals surface area contributed by atoms with Crippen LogP contribution >= 0.6 is 11.6 Å². The first-order valence-corrected chi connectivity index (χ1v) is 6.78. The molecule has 0 unspecified atom stereocenters. The van der Waals surface area contributed by atoms with E-state index in [0.29, 0.717) is 0 Å². The first kappa shape index (κ1) is 18.7. The first-order valence-electron chi connectivity index (χ1n) is 6.40. The third-order valence-electron chi connectivity index (χ3n) is 2.66. The van der Waals surface area contributed by atoms with E-state index in [1.165, 1.54) is 27.7 Å². The third kappa shape index (κ3) is 5.43. The quantitative estimate of drug-likeness (QED) is 0.502. The molecule has 0 atom stereocenters. The Morgan fingerprint density at radius 2 is 1.26 bits per heavy atom. The fraction of sp³-hybridized carbons (Fsp3) is 0.727. The number of hydrogen-bond donors (Lipinski definition) is 0. The van der Waals surface area contributed by atoms with Crippen molar-refractivity contribution in [3.8, 4) is 12.0 Å². The van der Waals surface area contributed by atoms with Crippen LogP contribution in [0.2, 0.25) is 5.28 Å². The van der Waals surface area contributed by atoms with Gasteiger partial charge in [-0.3, -0.25) is 20.2 Å². The molecule has 0 saturated carbocycles. The Morgan fingerprint density at radius 3 is 1.57 bits per heavy atom. The van der Waals surface area contributed by atoms with Gasteiger partial charge in [-0.25, -0.2) is 0 Å². The molecule has 0 aliphatic rings. The van der Waals surface area contributed by atoms with Gasteiger partial charge in [0, 0.05) is 37.5 Å². The second kappa shape index (κ2) is 6.86. The standard InChI is InChI=1S/C11H16ClN5O6/c1-10(2,16(18)19)5-22-8-13-7(12)14-9(15-8)23-6-11(3,4)17(20)21/h5-6H2,1-4H3. The Labute approximate surface area is 136 Å². The molecule has 128 valence electrons. The summed E-state index contributed by atoms with van der Waals surface area (Å²) in [5, 5.41) is 21.4. The summed E-state index contributed by atoms with van der Waals surface area (Å²) in [5.41, 5.74) is -2.71. The van der Waals surface area contributed by atoms with Crippen LogP contribution in [0.25, 0.3) is 0 Å². The zero-order valence-corrected chi connectivity index (χ0v) is 13.7. The highest BCUT2D eigenvalue weighted by Crippen LogP contribution is 2.17. The van der Waals surface area contributed by atoms with Gasteiger partial charge in [-0.2, -0.15) is 9.97 Å². The van der Waals surface area contributed by atoms with E-state index < -0.39 is 20.9 Å². The Hall–Kier alpha value is -2.30. The molecule has 0 spiro atoms. The van der Waals surface area contributed by atoms with Crippen LogP contribution in [0, 0.1) is 20.2 Å². The minimum absolute atomic E-state index is 0.261. The van der Waals surface area contributed by atoms with Gasteiger partial charge in [-0.05, 0) is 11.6 Å². The molecule has 23 heavy (non-hydrogen) atoms. The summed E-state index contributed by atoms with van der Waals surface area (Å²) < 4.78 is 10.3. The van der Waals surface area contributed by atoms with E-state index in [4.69, 9.17) is 21.1 Å². The molecule has 0 bridgehead atoms. The van der Waals surface area contributed by atoms with Crippen LogP contribution in [-0.4, -0.2) is 49.1 Å². The van der Waals surface area contributed by atoms with E-state index in [-0.39, 0.29) is 30.5 Å². The number of halogens is 1. The van der Waals surface area contributed by atoms with Crippen LogP contribution < -0.4 is 9.47 Å². The maximum atomic E-state index is 10.8. The van der Waals surface area contributed by atoms with Crippen molar-refractivity contribution in [3.05, 3.63) is 25.5 Å². The highest BCUT2D eigenvalue weighted by Gasteiger charge is 2.33. The number of aromatic nitrogens is 3. The van der Waals surface area contributed by atoms with E-state index in [0.717, 1.165) is 0 Å². The molecule has 0 aliphatic carbocycles. The average Bonchev–Trinajstić information content (AvgIpc) is 2.42. The lowest BCUT2D eigenvalue weighted by Gasteiger charge is -2.16. The summed E-state index contributed by atoms with van der Waals surface area (Å²) in [7, 11) is 0. The van der Waals surface area contributed by atoms with E-state index in [1.807, 2.05) is 0 Å². The molecule has 11 nitrogen and oxygen atoms in total. The molecule has 1 heterocycles. The molecule has 0 saturated heterocycles. The summed E-state index contributed by atoms with van der Waals surface area (Å²) in [4.78, 5) is 31.7. The summed E-state index contributed by atoms with van der Waals surface area (Å²) >= 11 is 5.69. The van der Waals surface area contributed by atoms with Gasteiger partial charge in [0.2, 0.25) is 16.4 Å². The highest BCUT2D eigenvalue weighted by molar-refractivity contribution is 6.28. The maximum Gasteiger partial charge on any atom is 0.324 e. The van der Waals surface area contributed by atoms with Gasteiger partial charge < -0.3 is 9.47 Å². The SMILES string of the molecule is CC(C)(COc1nc(Cl)nc(OCC(C)(C)[N+](=O)[O-])n1)[N+](=O)[O-]. The van der Waals surface area contributed by atoms with Crippen molar-refractivity contribution in [1.29, 1.82) is 0 Å². The molecule has 0 aliphatic heterocycles. The Morgan fingerprint density at radius 1 is 0.913 bits per heavy atom. The van der Waals surface area contributed by atoms with Crippen LogP contribution in [0.15, 0.2) is 0 Å². The van der Waals surface area contributed by atoms with Gasteiger partial charge in [-0.1, -0.05) is 0 Å². The lowest BCUT2D eigenvalue weighted by Crippen LogP contribution is -2.38. The third-order valence-corrected chi connectivity index (χ3v) is 2.83. The fourth-order valence-corrected chi connectivity index (χ4v) is 1.18. The maximum absolute atomic E-state index is 10.8. The monoisotopic (exact) mass is 349 g/mol. The van der Waals surface area contributed by atoms with Crippen molar-refractivity contribution in [1.82, 2.24) is 15.0 Å². The summed E-state index contributed by atoms with van der Waals surface area (Å²) in [5.74, 6) is 0. The Kier molecular flexibility index (Phi) is 5.59. The minimum Gasteiger partial charge on any atom is -0.456 e. The zero-order valence-electron chi connectivity index (χ0n) is 13.0. The Balaban J connectivity index is 2.80. The summed E-state index contributed by atoms with van der Waals surface area (Å²) in [6.45, 7) is 4.86. The van der Waals surface area contributed by atoms with E-state index in [2.05, 4.69) is 15.0 Å². The topological polar surface area (TPSA) is 143 Å². The lowest BCUT2D eigenvalue weighted by atomic mass is 10.1. The molecule has 0 radical (unpaired) electrons. The number of hydrogen-bond acceptors (Lipinski definition) is 9. The lowest BCUT2D eigenvalue weighted by molar-refractivity contribution is -0.562. The van der Waals surface area contributed by atoms with E-state index >= 15 is 0 Å². The molecular weight excluding hydrogens is 334 g/mol. The van der Waals surface area contributed by atoms with Gasteiger partial charge in [0.15, 0.2) is 13.2 Å². The van der Waals surface area contributed by atoms with Crippen molar-refractivity contribution < 1.29 is 19.3 Å². The molecule has 1 aromatic rings. The van der Waals surface area contributed by atoms with Crippen molar-refractivity contribution in [2.45, 2.75) is 38.8 Å². The molecule has 0 aromatic carbocycles. The van der Waals surface area contributed by atoms with Crippen molar-refractivity contribution in [2.24, 2.45) is 0 Å². The van der Waals surface area contributed by atoms with Crippen LogP contribution in [0.3, 0.4) is 0 Å². The van der Waals surface area contributed by atoms with E-state index in [9.17, 15) is 20.2 Å². The van der Waals surface area contributed by atoms with Gasteiger partial charge in [0.05, 0.1) is 0 Å². The molecule has 0 fully saturated rings. The molecule has 1 rings (SSSR count). The largest absolute Gasteiger partial charge is 0.456 e. The normalized spacial score (nSPS) is 11.9. The van der Waals surface area contributed by atoms with Crippen LogP contribution in [0.1, 0.15) is 27.7 Å². The van der Waals surface area contributed by atoms with Crippen molar-refractivity contribution in [3.63, 3.8) is 0 Å². The van der Waals surface area contributed by atoms with Gasteiger partial charge in [0.1, 0.15) is 0 Å². The van der Waals surface area contributed by atoms with Crippen LogP contribution in [0.5, 0.6) is 12.0 Å². The number of nitro groups is 2. The second-order valence-electron chi connectivity index (χ2n) is 5.89. The van der Waals surface area contributed by atoms with Gasteiger partial charge >= 0.3 is 12.0 Å². The summed E-state index contributed by atoms with van der Waals surface area (Å²) in [6.07, 6.45) is 0. The summed E-state index contributed by atoms with van der Waals surface area (Å²) in [6, 6.07) is -0.539. The fourth-order valence-electron chi connectivity index (χ4n) is 1.03. The number of nitrogens with zero attached hydrogens (tertiary/aromatic N) is 5. The number of ether oxygens (including phenoxy) is 2. The smallest absolute Gasteiger partial charge is 0.324 e. The molecule has 1 aromatic heterocycles. The molecule has 0 N–H and O–H groups in total. The molecule has 12 heteroatoms. The van der Waals surface area contributed by atoms with E-state index in [1.54, 1.807) is 0 Å². The van der Waals surface area contributed by atoms with Gasteiger partial charge in [0.25, 0.3) is 0 Å². The predicted octanol–water partition coefficient (Wildman–Crippen LogP) is 1.39. The van der Waals surface area contributed by atoms with Crippen LogP contribution in [0.4, 0.5) is 0 Å². The van der Waals surface area contributed by atoms with Crippen molar-refractivity contribution in [2.75, 3.05) is 13.2 Å². The van der Waals surface area contributed by atoms with Gasteiger partial charge in [-0.15, -0.1) is 4.98 Å². The average molecular weight is 350 g/mol. The second-order valence-corrected chi connectivity index (χ2v) is 6.22. The Bertz CT molecular complexity index is 560. The first-order chi connectivity index (χ1) is 10.4. The minimum atomic E-state index is -1.35. The molecule has 0 amide bonds. The van der Waals surface area contributed by atoms with Crippen molar-refractivity contribution >= 4 is 11.6 Å². The zero-order chi connectivity index (χ0) is 17.8. The highest BCUT2D eigenvalue weighted by atomic mass is 35.5. The predicted molar refractivity (Wildman–Crippen MR) is 78.0 cm³/mol.